The van der Waals surface area contributed by atoms with E-state index in [9.17, 15) is 18.8 Å². The molecule has 14 nitrogen and oxygen atoms in total. The number of benzene rings is 2. The molecule has 0 spiro atoms. The number of anilines is 4. The summed E-state index contributed by atoms with van der Waals surface area (Å²) < 4.78 is 21.4. The summed E-state index contributed by atoms with van der Waals surface area (Å²) in [5.41, 5.74) is 8.34. The van der Waals surface area contributed by atoms with Crippen LogP contribution < -0.4 is 25.8 Å². The van der Waals surface area contributed by atoms with Gasteiger partial charge in [0.05, 0.1) is 47.0 Å². The number of nitrogens with zero attached hydrogens (tertiary/aromatic N) is 7. The lowest BCUT2D eigenvalue weighted by Gasteiger charge is -2.32. The quantitative estimate of drug-likeness (QED) is 0.153. The highest BCUT2D eigenvalue weighted by Crippen LogP contribution is 2.40. The SMILES string of the molecule is CNc1cc(N2CCc3c(-c4ccc(CN5CCC(OCc6ccc(Cl)c(N7CCC(=O)NC7=O)c6)CC5)cn4)cccc32)nn2c(C(=O)N[C@@H]3C[C@@H]3F)cnc12. The summed E-state index contributed by atoms with van der Waals surface area (Å²) >= 11 is 6.41. The molecule has 3 N–H and O–H groups in total. The van der Waals surface area contributed by atoms with Gasteiger partial charge < -0.3 is 20.3 Å². The number of imidazole rings is 1. The Hall–Kier alpha value is -5.64. The number of rotatable bonds is 11. The lowest BCUT2D eigenvalue weighted by atomic mass is 10.0. The predicted octanol–water partition coefficient (Wildman–Crippen LogP) is 5.65. The summed E-state index contributed by atoms with van der Waals surface area (Å²) in [7, 11) is 1.81. The van der Waals surface area contributed by atoms with E-state index in [1.807, 2.05) is 30.5 Å². The third kappa shape index (κ3) is 7.49. The van der Waals surface area contributed by atoms with Crippen molar-refractivity contribution in [3.05, 3.63) is 94.4 Å². The van der Waals surface area contributed by atoms with Crippen LogP contribution in [0.5, 0.6) is 0 Å². The number of piperidine rings is 1. The zero-order chi connectivity index (χ0) is 39.2. The third-order valence-electron chi connectivity index (χ3n) is 11.2. The number of likely N-dealkylation sites (tertiary alicyclic amines) is 1. The average Bonchev–Trinajstić information content (AvgIpc) is 3.54. The van der Waals surface area contributed by atoms with Crippen molar-refractivity contribution in [2.75, 3.05) is 48.3 Å². The number of amides is 4. The van der Waals surface area contributed by atoms with Crippen LogP contribution in [0, 0.1) is 0 Å². The van der Waals surface area contributed by atoms with Crippen LogP contribution in [0.4, 0.5) is 32.1 Å². The standard InChI is InChI=1S/C41H42ClFN10O4/c1-44-33-19-37(49-53-36(21-46-39(33)53)40(55)47-32-18-30(32)43)51-15-11-28-27(3-2-4-34(28)51)31-8-6-25(20-45-31)22-50-13-9-26(10-14-50)57-23-24-5-7-29(42)35(17-24)52-16-12-38(54)48-41(52)56/h2-8,17,19-21,26,30,32,44H,9-16,18,22-23H2,1H3,(H,47,55)(H,48,54,56)/t30-,32+/m0/s1. The van der Waals surface area contributed by atoms with Gasteiger partial charge in [0.25, 0.3) is 5.91 Å². The first-order chi connectivity index (χ1) is 27.7. The third-order valence-corrected chi connectivity index (χ3v) is 11.5. The molecule has 9 rings (SSSR count). The summed E-state index contributed by atoms with van der Waals surface area (Å²) in [6, 6.07) is 17.0. The van der Waals surface area contributed by atoms with Crippen LogP contribution in [0.25, 0.3) is 16.9 Å². The molecular formula is C41H42ClFN10O4. The van der Waals surface area contributed by atoms with Gasteiger partial charge >= 0.3 is 6.03 Å². The molecule has 4 amide bonds. The molecule has 3 aliphatic heterocycles. The normalized spacial score (nSPS) is 19.8. The van der Waals surface area contributed by atoms with E-state index in [4.69, 9.17) is 26.4 Å². The van der Waals surface area contributed by atoms with Gasteiger partial charge in [-0.25, -0.2) is 18.7 Å². The molecule has 5 aromatic rings. The molecule has 0 unspecified atom stereocenters. The van der Waals surface area contributed by atoms with Crippen LogP contribution in [-0.2, 0) is 29.1 Å². The summed E-state index contributed by atoms with van der Waals surface area (Å²) in [6.45, 7) is 4.01. The maximum Gasteiger partial charge on any atom is 0.328 e. The van der Waals surface area contributed by atoms with Crippen molar-refractivity contribution in [3.8, 4) is 11.3 Å². The fraction of sp³-hybridized carbons (Fsp3) is 0.366. The van der Waals surface area contributed by atoms with Gasteiger partial charge in [-0.05, 0) is 60.2 Å². The number of nitrogens with one attached hydrogen (secondary N) is 3. The topological polar surface area (TPSA) is 149 Å². The second kappa shape index (κ2) is 15.4. The van der Waals surface area contributed by atoms with E-state index < -0.39 is 24.2 Å². The van der Waals surface area contributed by atoms with E-state index in [1.165, 1.54) is 21.2 Å². The molecular weight excluding hydrogens is 751 g/mol. The molecule has 16 heteroatoms. The number of hydrogen-bond acceptors (Lipinski definition) is 10. The van der Waals surface area contributed by atoms with E-state index in [1.54, 1.807) is 13.1 Å². The van der Waals surface area contributed by atoms with E-state index >= 15 is 0 Å². The van der Waals surface area contributed by atoms with Crippen LogP contribution in [0.3, 0.4) is 0 Å². The molecule has 4 aliphatic rings. The number of imide groups is 1. The lowest BCUT2D eigenvalue weighted by molar-refractivity contribution is -0.120. The van der Waals surface area contributed by atoms with Gasteiger partial charge in [-0.1, -0.05) is 35.9 Å². The number of aromatic nitrogens is 4. The number of hydrogen-bond donors (Lipinski definition) is 3. The van der Waals surface area contributed by atoms with Crippen LogP contribution in [0.2, 0.25) is 5.02 Å². The highest BCUT2D eigenvalue weighted by molar-refractivity contribution is 6.34. The van der Waals surface area contributed by atoms with E-state index in [-0.39, 0.29) is 30.7 Å². The number of alkyl halides is 1. The fourth-order valence-corrected chi connectivity index (χ4v) is 8.15. The molecule has 57 heavy (non-hydrogen) atoms. The predicted molar refractivity (Wildman–Crippen MR) is 214 cm³/mol. The van der Waals surface area contributed by atoms with Crippen molar-refractivity contribution < 1.29 is 23.5 Å². The van der Waals surface area contributed by atoms with Crippen molar-refractivity contribution in [1.82, 2.24) is 35.1 Å². The number of ether oxygens (including phenoxy) is 1. The summed E-state index contributed by atoms with van der Waals surface area (Å²) in [4.78, 5) is 52.4. The second-order valence-electron chi connectivity index (χ2n) is 15.0. The zero-order valence-corrected chi connectivity index (χ0v) is 32.1. The minimum absolute atomic E-state index is 0.123. The molecule has 6 heterocycles. The van der Waals surface area contributed by atoms with Crippen LogP contribution >= 0.6 is 11.6 Å². The number of urea groups is 1. The second-order valence-corrected chi connectivity index (χ2v) is 15.4. The van der Waals surface area contributed by atoms with Crippen molar-refractivity contribution in [1.29, 1.82) is 0 Å². The number of pyridine rings is 1. The monoisotopic (exact) mass is 792 g/mol. The van der Waals surface area contributed by atoms with Gasteiger partial charge in [0.1, 0.15) is 6.17 Å². The van der Waals surface area contributed by atoms with E-state index in [2.05, 4.69) is 55.0 Å². The first-order valence-corrected chi connectivity index (χ1v) is 19.7. The molecule has 2 aromatic carbocycles. The lowest BCUT2D eigenvalue weighted by Crippen LogP contribution is -2.49. The maximum absolute atomic E-state index is 13.5. The van der Waals surface area contributed by atoms with E-state index in [0.717, 1.165) is 72.7 Å². The van der Waals surface area contributed by atoms with Crippen LogP contribution in [0.15, 0.2) is 67.0 Å². The molecule has 1 saturated carbocycles. The van der Waals surface area contributed by atoms with Gasteiger partial charge in [0.2, 0.25) is 5.91 Å². The summed E-state index contributed by atoms with van der Waals surface area (Å²) in [6.07, 6.45) is 5.73. The largest absolute Gasteiger partial charge is 0.385 e. The smallest absolute Gasteiger partial charge is 0.328 e. The molecule has 3 aromatic heterocycles. The Bertz CT molecular complexity index is 2370. The Balaban J connectivity index is 0.821. The first-order valence-electron chi connectivity index (χ1n) is 19.3. The Morgan fingerprint density at radius 3 is 2.53 bits per heavy atom. The van der Waals surface area contributed by atoms with Crippen LogP contribution in [-0.4, -0.2) is 93.9 Å². The van der Waals surface area contributed by atoms with Crippen molar-refractivity contribution in [2.24, 2.45) is 0 Å². The van der Waals surface area contributed by atoms with Gasteiger partial charge in [-0.2, -0.15) is 0 Å². The summed E-state index contributed by atoms with van der Waals surface area (Å²) in [5.74, 6) is -0.0119. The van der Waals surface area contributed by atoms with Crippen molar-refractivity contribution in [2.45, 2.75) is 63.6 Å². The molecule has 1 aliphatic carbocycles. The fourth-order valence-electron chi connectivity index (χ4n) is 7.93. The minimum Gasteiger partial charge on any atom is -0.385 e. The maximum atomic E-state index is 13.5. The Kier molecular flexibility index (Phi) is 9.97. The molecule has 0 bridgehead atoms. The van der Waals surface area contributed by atoms with Crippen LogP contribution in [0.1, 0.15) is 52.9 Å². The van der Waals surface area contributed by atoms with Crippen molar-refractivity contribution >= 4 is 58.0 Å². The number of halogens is 2. The Morgan fingerprint density at radius 1 is 0.965 bits per heavy atom. The summed E-state index contributed by atoms with van der Waals surface area (Å²) in [5, 5.41) is 13.6. The molecule has 2 saturated heterocycles. The van der Waals surface area contributed by atoms with Gasteiger partial charge in [-0.3, -0.25) is 29.7 Å². The highest BCUT2D eigenvalue weighted by Gasteiger charge is 2.39. The molecule has 3 fully saturated rings. The number of fused-ring (bicyclic) bond motifs is 2. The Morgan fingerprint density at radius 2 is 1.77 bits per heavy atom. The molecule has 294 valence electrons. The minimum atomic E-state index is -1.01. The highest BCUT2D eigenvalue weighted by atomic mass is 35.5. The Labute approximate surface area is 333 Å². The molecule has 0 radical (unpaired) electrons. The average molecular weight is 793 g/mol. The van der Waals surface area contributed by atoms with Gasteiger partial charge in [-0.15, -0.1) is 5.10 Å². The number of carbonyl (C=O) groups excluding carboxylic acids is 3. The van der Waals surface area contributed by atoms with Gasteiger partial charge in [0, 0.05) is 76.1 Å². The number of carbonyl (C=O) groups is 3. The zero-order valence-electron chi connectivity index (χ0n) is 31.4. The van der Waals surface area contributed by atoms with Gasteiger partial charge in [0.15, 0.2) is 17.2 Å². The molecule has 2 atom stereocenters. The van der Waals surface area contributed by atoms with Crippen molar-refractivity contribution in [3.63, 3.8) is 0 Å². The van der Waals surface area contributed by atoms with E-state index in [0.29, 0.717) is 41.7 Å². The first kappa shape index (κ1) is 37.0.